The van der Waals surface area contributed by atoms with Gasteiger partial charge in [-0.05, 0) is 18.9 Å². The van der Waals surface area contributed by atoms with Gasteiger partial charge in [0.2, 0.25) is 0 Å². The Kier molecular flexibility index (Phi) is 5.11. The predicted octanol–water partition coefficient (Wildman–Crippen LogP) is 2.68. The molecular formula is C16H23NO2. The highest BCUT2D eigenvalue weighted by atomic mass is 16.5. The van der Waals surface area contributed by atoms with E-state index in [1.54, 1.807) is 0 Å². The van der Waals surface area contributed by atoms with Crippen molar-refractivity contribution in [1.82, 2.24) is 4.90 Å². The van der Waals surface area contributed by atoms with Gasteiger partial charge >= 0.3 is 0 Å². The summed E-state index contributed by atoms with van der Waals surface area (Å²) in [5, 5.41) is 0. The van der Waals surface area contributed by atoms with Crippen LogP contribution in [0.25, 0.3) is 0 Å². The highest BCUT2D eigenvalue weighted by Crippen LogP contribution is 2.12. The maximum Gasteiger partial charge on any atom is 0.164 e. The van der Waals surface area contributed by atoms with Crippen molar-refractivity contribution < 1.29 is 9.53 Å². The Bertz CT molecular complexity index is 431. The second-order valence-corrected chi connectivity index (χ2v) is 5.19. The summed E-state index contributed by atoms with van der Waals surface area (Å²) >= 11 is 0. The summed E-state index contributed by atoms with van der Waals surface area (Å²) < 4.78 is 5.64. The maximum absolute atomic E-state index is 12.2. The third kappa shape index (κ3) is 3.88. The van der Waals surface area contributed by atoms with Crippen LogP contribution in [0.1, 0.15) is 35.7 Å². The zero-order chi connectivity index (χ0) is 13.7. The monoisotopic (exact) mass is 261 g/mol. The first-order valence-electron chi connectivity index (χ1n) is 7.13. The van der Waals surface area contributed by atoms with Crippen LogP contribution in [-0.4, -0.2) is 43.0 Å². The number of Topliss-reactive ketones (excluding diaryl/α,β-unsaturated/α-hetero) is 1. The molecule has 1 heterocycles. The van der Waals surface area contributed by atoms with Crippen molar-refractivity contribution in [3.05, 3.63) is 35.4 Å². The number of hydrogen-bond acceptors (Lipinski definition) is 3. The normalized spacial score (nSPS) is 20.4. The van der Waals surface area contributed by atoms with Gasteiger partial charge in [-0.1, -0.05) is 31.2 Å². The Morgan fingerprint density at radius 1 is 1.42 bits per heavy atom. The molecule has 0 aliphatic carbocycles. The molecule has 0 bridgehead atoms. The molecule has 3 nitrogen and oxygen atoms in total. The predicted molar refractivity (Wildman–Crippen MR) is 76.6 cm³/mol. The zero-order valence-corrected chi connectivity index (χ0v) is 11.9. The van der Waals surface area contributed by atoms with Crippen LogP contribution < -0.4 is 0 Å². The molecule has 3 heteroatoms. The van der Waals surface area contributed by atoms with E-state index in [0.717, 1.165) is 43.8 Å². The molecule has 0 saturated carbocycles. The highest BCUT2D eigenvalue weighted by molar-refractivity contribution is 5.97. The second-order valence-electron chi connectivity index (χ2n) is 5.19. The fraction of sp³-hybridized carbons (Fsp3) is 0.562. The summed E-state index contributed by atoms with van der Waals surface area (Å²) in [5.41, 5.74) is 1.93. The first-order chi connectivity index (χ1) is 9.20. The van der Waals surface area contributed by atoms with Crippen LogP contribution in [-0.2, 0) is 4.74 Å². The number of ketones is 1. The molecule has 104 valence electrons. The highest BCUT2D eigenvalue weighted by Gasteiger charge is 2.19. The van der Waals surface area contributed by atoms with Crippen molar-refractivity contribution in [2.75, 3.05) is 26.2 Å². The SMILES string of the molecule is CCC1CN(CCC(=O)c2ccccc2C)CCO1. The van der Waals surface area contributed by atoms with E-state index >= 15 is 0 Å². The van der Waals surface area contributed by atoms with Gasteiger partial charge in [0.05, 0.1) is 12.7 Å². The Balaban J connectivity index is 1.85. The molecule has 1 saturated heterocycles. The first-order valence-corrected chi connectivity index (χ1v) is 7.13. The fourth-order valence-corrected chi connectivity index (χ4v) is 2.51. The number of benzene rings is 1. The van der Waals surface area contributed by atoms with Gasteiger partial charge < -0.3 is 4.74 Å². The molecule has 0 amide bonds. The minimum atomic E-state index is 0.248. The quantitative estimate of drug-likeness (QED) is 0.763. The Morgan fingerprint density at radius 3 is 2.95 bits per heavy atom. The van der Waals surface area contributed by atoms with E-state index in [9.17, 15) is 4.79 Å². The van der Waals surface area contributed by atoms with E-state index in [1.165, 1.54) is 0 Å². The van der Waals surface area contributed by atoms with Crippen molar-refractivity contribution in [2.24, 2.45) is 0 Å². The Hall–Kier alpha value is -1.19. The minimum absolute atomic E-state index is 0.248. The van der Waals surface area contributed by atoms with Crippen LogP contribution in [0.3, 0.4) is 0 Å². The molecule has 1 fully saturated rings. The molecule has 0 radical (unpaired) electrons. The van der Waals surface area contributed by atoms with Crippen LogP contribution >= 0.6 is 0 Å². The second kappa shape index (κ2) is 6.83. The average Bonchev–Trinajstić information content (AvgIpc) is 2.45. The van der Waals surface area contributed by atoms with Gasteiger partial charge in [0.1, 0.15) is 0 Å². The van der Waals surface area contributed by atoms with Crippen LogP contribution in [0.15, 0.2) is 24.3 Å². The summed E-state index contributed by atoms with van der Waals surface area (Å²) in [5.74, 6) is 0.248. The van der Waals surface area contributed by atoms with Crippen LogP contribution in [0, 0.1) is 6.92 Å². The molecular weight excluding hydrogens is 238 g/mol. The largest absolute Gasteiger partial charge is 0.376 e. The molecule has 1 unspecified atom stereocenters. The number of ether oxygens (including phenoxy) is 1. The van der Waals surface area contributed by atoms with E-state index < -0.39 is 0 Å². The van der Waals surface area contributed by atoms with Crippen molar-refractivity contribution in [3.8, 4) is 0 Å². The van der Waals surface area contributed by atoms with Gasteiger partial charge in [-0.15, -0.1) is 0 Å². The average molecular weight is 261 g/mol. The number of hydrogen-bond donors (Lipinski definition) is 0. The number of aryl methyl sites for hydroxylation is 1. The van der Waals surface area contributed by atoms with Crippen molar-refractivity contribution in [3.63, 3.8) is 0 Å². The molecule has 1 aromatic carbocycles. The molecule has 0 aromatic heterocycles. The van der Waals surface area contributed by atoms with Gasteiger partial charge in [0.25, 0.3) is 0 Å². The summed E-state index contributed by atoms with van der Waals surface area (Å²) in [4.78, 5) is 14.5. The van der Waals surface area contributed by atoms with E-state index in [2.05, 4.69) is 11.8 Å². The first kappa shape index (κ1) is 14.2. The molecule has 1 atom stereocenters. The number of morpholine rings is 1. The van der Waals surface area contributed by atoms with E-state index in [0.29, 0.717) is 12.5 Å². The molecule has 2 rings (SSSR count). The van der Waals surface area contributed by atoms with Crippen molar-refractivity contribution in [2.45, 2.75) is 32.8 Å². The Morgan fingerprint density at radius 2 is 2.21 bits per heavy atom. The third-order valence-corrected chi connectivity index (χ3v) is 3.78. The minimum Gasteiger partial charge on any atom is -0.376 e. The topological polar surface area (TPSA) is 29.5 Å². The van der Waals surface area contributed by atoms with Crippen LogP contribution in [0.5, 0.6) is 0 Å². The van der Waals surface area contributed by atoms with Gasteiger partial charge in [-0.25, -0.2) is 0 Å². The van der Waals surface area contributed by atoms with Gasteiger partial charge in [-0.3, -0.25) is 9.69 Å². The number of carbonyl (C=O) groups is 1. The molecule has 1 aromatic rings. The third-order valence-electron chi connectivity index (χ3n) is 3.78. The molecule has 0 spiro atoms. The van der Waals surface area contributed by atoms with E-state index in [1.807, 2.05) is 31.2 Å². The van der Waals surface area contributed by atoms with E-state index in [-0.39, 0.29) is 5.78 Å². The number of rotatable bonds is 5. The van der Waals surface area contributed by atoms with Gasteiger partial charge in [0, 0.05) is 31.6 Å². The lowest BCUT2D eigenvalue weighted by atomic mass is 10.0. The lowest BCUT2D eigenvalue weighted by Gasteiger charge is -2.32. The van der Waals surface area contributed by atoms with E-state index in [4.69, 9.17) is 4.74 Å². The smallest absolute Gasteiger partial charge is 0.164 e. The fourth-order valence-electron chi connectivity index (χ4n) is 2.51. The van der Waals surface area contributed by atoms with Gasteiger partial charge in [-0.2, -0.15) is 0 Å². The lowest BCUT2D eigenvalue weighted by Crippen LogP contribution is -2.42. The summed E-state index contributed by atoms with van der Waals surface area (Å²) in [6, 6.07) is 7.82. The summed E-state index contributed by atoms with van der Waals surface area (Å²) in [6.45, 7) is 7.67. The molecule has 1 aliphatic heterocycles. The Labute approximate surface area is 115 Å². The number of nitrogens with zero attached hydrogens (tertiary/aromatic N) is 1. The maximum atomic E-state index is 12.2. The lowest BCUT2D eigenvalue weighted by molar-refractivity contribution is -0.0293. The molecule has 0 N–H and O–H groups in total. The zero-order valence-electron chi connectivity index (χ0n) is 11.9. The molecule has 19 heavy (non-hydrogen) atoms. The van der Waals surface area contributed by atoms with Gasteiger partial charge in [0.15, 0.2) is 5.78 Å². The summed E-state index contributed by atoms with van der Waals surface area (Å²) in [6.07, 6.45) is 1.98. The summed E-state index contributed by atoms with van der Waals surface area (Å²) in [7, 11) is 0. The number of carbonyl (C=O) groups excluding carboxylic acids is 1. The van der Waals surface area contributed by atoms with Crippen molar-refractivity contribution >= 4 is 5.78 Å². The standard InChI is InChI=1S/C16H23NO2/c1-3-14-12-17(10-11-19-14)9-8-16(18)15-7-5-4-6-13(15)2/h4-7,14H,3,8-12H2,1-2H3. The van der Waals surface area contributed by atoms with Crippen LogP contribution in [0.4, 0.5) is 0 Å². The van der Waals surface area contributed by atoms with Crippen LogP contribution in [0.2, 0.25) is 0 Å². The van der Waals surface area contributed by atoms with Crippen molar-refractivity contribution in [1.29, 1.82) is 0 Å². The molecule has 1 aliphatic rings.